The van der Waals surface area contributed by atoms with Crippen LogP contribution in [0.5, 0.6) is 0 Å². The largest absolute Gasteiger partial charge is 0.389 e. The lowest BCUT2D eigenvalue weighted by molar-refractivity contribution is -0.135. The zero-order chi connectivity index (χ0) is 13.3. The van der Waals surface area contributed by atoms with E-state index < -0.39 is 12.6 Å². The number of hydrogen-bond donors (Lipinski definition) is 0. The molecule has 0 amide bonds. The van der Waals surface area contributed by atoms with Crippen molar-refractivity contribution in [3.05, 3.63) is 11.1 Å². The van der Waals surface area contributed by atoms with Crippen molar-refractivity contribution >= 4 is 11.6 Å². The van der Waals surface area contributed by atoms with Crippen molar-refractivity contribution in [2.24, 2.45) is 0 Å². The zero-order valence-corrected chi connectivity index (χ0v) is 10.7. The Balaban J connectivity index is 2.74. The summed E-state index contributed by atoms with van der Waals surface area (Å²) in [6.07, 6.45) is -4.99. The second-order valence-corrected chi connectivity index (χ2v) is 5.25. The molecule has 0 saturated carbocycles. The molecule has 1 aromatic heterocycles. The first-order chi connectivity index (χ1) is 7.61. The molecule has 1 heterocycles. The molecule has 17 heavy (non-hydrogen) atoms. The molecule has 0 aliphatic rings. The summed E-state index contributed by atoms with van der Waals surface area (Å²) in [6.45, 7) is 5.91. The van der Waals surface area contributed by atoms with Gasteiger partial charge < -0.3 is 4.57 Å². The second kappa shape index (κ2) is 4.84. The third-order valence-corrected chi connectivity index (χ3v) is 2.50. The summed E-state index contributed by atoms with van der Waals surface area (Å²) in [6, 6.07) is 0. The number of halogens is 4. The fourth-order valence-corrected chi connectivity index (χ4v) is 1.68. The smallest absolute Gasteiger partial charge is 0.301 e. The molecule has 3 nitrogen and oxygen atoms in total. The number of rotatable bonds is 3. The van der Waals surface area contributed by atoms with Crippen molar-refractivity contribution in [3.8, 4) is 0 Å². The topological polar surface area (TPSA) is 30.7 Å². The van der Waals surface area contributed by atoms with Crippen LogP contribution in [0.3, 0.4) is 0 Å². The lowest BCUT2D eigenvalue weighted by atomic mass is 9.95. The van der Waals surface area contributed by atoms with E-state index in [-0.39, 0.29) is 23.7 Å². The number of alkyl halides is 3. The summed E-state index contributed by atoms with van der Waals surface area (Å²) in [5.41, 5.74) is -0.293. The van der Waals surface area contributed by atoms with Gasteiger partial charge in [-0.25, -0.2) is 0 Å². The highest BCUT2D eigenvalue weighted by atomic mass is 35.5. The fraction of sp³-hybridized carbons (Fsp3) is 0.800. The number of aromatic nitrogens is 3. The number of nitrogens with zero attached hydrogens (tertiary/aromatic N) is 3. The minimum Gasteiger partial charge on any atom is -0.301 e. The minimum absolute atomic E-state index is 0.0235. The predicted octanol–water partition coefficient (Wildman–Crippen LogP) is 3.57. The van der Waals surface area contributed by atoms with E-state index in [1.807, 2.05) is 20.8 Å². The monoisotopic (exact) mass is 269 g/mol. The average Bonchev–Trinajstić information content (AvgIpc) is 2.45. The van der Waals surface area contributed by atoms with E-state index in [4.69, 9.17) is 11.6 Å². The van der Waals surface area contributed by atoms with E-state index in [1.54, 1.807) is 0 Å². The van der Waals surface area contributed by atoms with Crippen LogP contribution in [0.15, 0.2) is 0 Å². The molecular formula is C10H15ClF3N3. The first kappa shape index (κ1) is 14.3. The Hall–Kier alpha value is -0.780. The SMILES string of the molecule is CC(C)(C)c1nnc(Cl)n1CCCC(F)(F)F. The third kappa shape index (κ3) is 4.18. The first-order valence-electron chi connectivity index (χ1n) is 5.27. The lowest BCUT2D eigenvalue weighted by Gasteiger charge is -2.19. The van der Waals surface area contributed by atoms with Crippen LogP contribution in [0.25, 0.3) is 0 Å². The van der Waals surface area contributed by atoms with Gasteiger partial charge in [-0.1, -0.05) is 20.8 Å². The fourth-order valence-electron chi connectivity index (χ4n) is 1.47. The molecule has 0 radical (unpaired) electrons. The maximum absolute atomic E-state index is 12.0. The zero-order valence-electron chi connectivity index (χ0n) is 9.97. The maximum atomic E-state index is 12.0. The molecule has 98 valence electrons. The van der Waals surface area contributed by atoms with Gasteiger partial charge in [0.15, 0.2) is 0 Å². The van der Waals surface area contributed by atoms with E-state index in [1.165, 1.54) is 4.57 Å². The summed E-state index contributed by atoms with van der Waals surface area (Å²) in [4.78, 5) is 0. The third-order valence-electron chi connectivity index (χ3n) is 2.22. The van der Waals surface area contributed by atoms with E-state index in [2.05, 4.69) is 10.2 Å². The van der Waals surface area contributed by atoms with E-state index in [0.29, 0.717) is 5.82 Å². The molecule has 0 unspecified atom stereocenters. The van der Waals surface area contributed by atoms with E-state index in [9.17, 15) is 13.2 Å². The summed E-state index contributed by atoms with van der Waals surface area (Å²) < 4.78 is 37.7. The standard InChI is InChI=1S/C10H15ClF3N3/c1-9(2,3)7-15-16-8(11)17(7)6-4-5-10(12,13)14/h4-6H2,1-3H3. The van der Waals surface area contributed by atoms with Crippen LogP contribution >= 0.6 is 11.6 Å². The van der Waals surface area contributed by atoms with Crippen molar-refractivity contribution in [1.29, 1.82) is 0 Å². The van der Waals surface area contributed by atoms with Gasteiger partial charge in [0.1, 0.15) is 5.82 Å². The highest BCUT2D eigenvalue weighted by Gasteiger charge is 2.28. The molecule has 1 rings (SSSR count). The van der Waals surface area contributed by atoms with Crippen molar-refractivity contribution in [2.45, 2.75) is 51.7 Å². The molecule has 0 aliphatic carbocycles. The van der Waals surface area contributed by atoms with Crippen molar-refractivity contribution < 1.29 is 13.2 Å². The molecule has 0 atom stereocenters. The summed E-state index contributed by atoms with van der Waals surface area (Å²) in [5, 5.41) is 7.73. The molecule has 0 fully saturated rings. The minimum atomic E-state index is -4.14. The van der Waals surface area contributed by atoms with Gasteiger partial charge in [-0.3, -0.25) is 0 Å². The Morgan fingerprint density at radius 3 is 2.24 bits per heavy atom. The van der Waals surface area contributed by atoms with Crippen LogP contribution in [-0.4, -0.2) is 20.9 Å². The van der Waals surface area contributed by atoms with Crippen LogP contribution in [0.1, 0.15) is 39.4 Å². The van der Waals surface area contributed by atoms with Crippen LogP contribution < -0.4 is 0 Å². The van der Waals surface area contributed by atoms with Gasteiger partial charge in [0.05, 0.1) is 0 Å². The molecule has 0 N–H and O–H groups in total. The predicted molar refractivity (Wildman–Crippen MR) is 59.0 cm³/mol. The van der Waals surface area contributed by atoms with Crippen LogP contribution in [0.2, 0.25) is 5.28 Å². The van der Waals surface area contributed by atoms with Crippen molar-refractivity contribution in [1.82, 2.24) is 14.8 Å². The average molecular weight is 270 g/mol. The summed E-state index contributed by atoms with van der Waals surface area (Å²) >= 11 is 5.81. The second-order valence-electron chi connectivity index (χ2n) is 4.91. The van der Waals surface area contributed by atoms with Crippen LogP contribution in [-0.2, 0) is 12.0 Å². The Labute approximate surface area is 103 Å². The number of hydrogen-bond acceptors (Lipinski definition) is 2. The molecule has 0 bridgehead atoms. The summed E-state index contributed by atoms with van der Waals surface area (Å²) in [7, 11) is 0. The first-order valence-corrected chi connectivity index (χ1v) is 5.65. The van der Waals surface area contributed by atoms with Crippen molar-refractivity contribution in [3.63, 3.8) is 0 Å². The Kier molecular flexibility index (Phi) is 4.06. The highest BCUT2D eigenvalue weighted by molar-refractivity contribution is 6.28. The highest BCUT2D eigenvalue weighted by Crippen LogP contribution is 2.25. The lowest BCUT2D eigenvalue weighted by Crippen LogP contribution is -2.20. The molecule has 0 aromatic carbocycles. The van der Waals surface area contributed by atoms with E-state index >= 15 is 0 Å². The van der Waals surface area contributed by atoms with Crippen LogP contribution in [0, 0.1) is 0 Å². The summed E-state index contributed by atoms with van der Waals surface area (Å²) in [5.74, 6) is 0.602. The Morgan fingerprint density at radius 1 is 1.18 bits per heavy atom. The van der Waals surface area contributed by atoms with Gasteiger partial charge in [0.2, 0.25) is 5.28 Å². The van der Waals surface area contributed by atoms with Gasteiger partial charge in [-0.05, 0) is 18.0 Å². The van der Waals surface area contributed by atoms with Gasteiger partial charge in [0.25, 0.3) is 0 Å². The molecule has 0 aliphatic heterocycles. The quantitative estimate of drug-likeness (QED) is 0.840. The molecular weight excluding hydrogens is 255 g/mol. The Morgan fingerprint density at radius 2 is 1.76 bits per heavy atom. The van der Waals surface area contributed by atoms with Crippen LogP contribution in [0.4, 0.5) is 13.2 Å². The maximum Gasteiger partial charge on any atom is 0.389 e. The molecule has 0 saturated heterocycles. The van der Waals surface area contributed by atoms with E-state index in [0.717, 1.165) is 0 Å². The molecule has 7 heteroatoms. The molecule has 1 aromatic rings. The van der Waals surface area contributed by atoms with Gasteiger partial charge >= 0.3 is 6.18 Å². The van der Waals surface area contributed by atoms with Gasteiger partial charge in [-0.2, -0.15) is 13.2 Å². The van der Waals surface area contributed by atoms with Gasteiger partial charge in [-0.15, -0.1) is 10.2 Å². The molecule has 0 spiro atoms. The van der Waals surface area contributed by atoms with Crippen molar-refractivity contribution in [2.75, 3.05) is 0 Å². The normalized spacial score (nSPS) is 13.1. The Bertz CT molecular complexity index is 379. The van der Waals surface area contributed by atoms with Gasteiger partial charge in [0, 0.05) is 18.4 Å².